The van der Waals surface area contributed by atoms with Gasteiger partial charge < -0.3 is 10.4 Å². The van der Waals surface area contributed by atoms with Crippen molar-refractivity contribution in [2.24, 2.45) is 0 Å². The van der Waals surface area contributed by atoms with E-state index < -0.39 is 0 Å². The molecule has 5 nitrogen and oxygen atoms in total. The molecule has 1 aromatic heterocycles. The summed E-state index contributed by atoms with van der Waals surface area (Å²) >= 11 is 1.46. The maximum Gasteiger partial charge on any atom is 0.235 e. The van der Waals surface area contributed by atoms with E-state index in [1.54, 1.807) is 36.7 Å². The number of benzene rings is 2. The number of nitrogens with one attached hydrogen (secondary N) is 1. The summed E-state index contributed by atoms with van der Waals surface area (Å²) in [5.74, 6) is 0.476. The van der Waals surface area contributed by atoms with Crippen LogP contribution in [-0.2, 0) is 4.79 Å². The van der Waals surface area contributed by atoms with Gasteiger partial charge >= 0.3 is 0 Å². The molecule has 1 atom stereocenters. The average Bonchev–Trinajstić information content (AvgIpc) is 2.91. The second kappa shape index (κ2) is 6.25. The normalized spacial score (nSPS) is 16.8. The number of fused-ring (bicyclic) bond motifs is 1. The first-order valence-electron chi connectivity index (χ1n) is 7.65. The Bertz CT molecular complexity index is 940. The lowest BCUT2D eigenvalue weighted by atomic mass is 10.1. The second-order valence-electron chi connectivity index (χ2n) is 5.66. The number of thioether (sulfide) groups is 1. The molecule has 0 spiro atoms. The van der Waals surface area contributed by atoms with Gasteiger partial charge in [-0.3, -0.25) is 9.36 Å². The lowest BCUT2D eigenvalue weighted by Crippen LogP contribution is -2.12. The number of aromatic hydroxyl groups is 1. The number of imidazole rings is 1. The highest BCUT2D eigenvalue weighted by atomic mass is 32.2. The van der Waals surface area contributed by atoms with E-state index >= 15 is 0 Å². The molecule has 1 aliphatic rings. The van der Waals surface area contributed by atoms with Gasteiger partial charge in [0, 0.05) is 5.69 Å². The fourth-order valence-corrected chi connectivity index (χ4v) is 3.97. The fraction of sp³-hybridized carbons (Fsp3) is 0.111. The van der Waals surface area contributed by atoms with Gasteiger partial charge in [-0.1, -0.05) is 12.1 Å². The van der Waals surface area contributed by atoms with Crippen LogP contribution in [0.1, 0.15) is 16.5 Å². The van der Waals surface area contributed by atoms with Crippen LogP contribution in [0.3, 0.4) is 0 Å². The highest BCUT2D eigenvalue weighted by Crippen LogP contribution is 2.42. The van der Waals surface area contributed by atoms with Crippen LogP contribution >= 0.6 is 11.8 Å². The van der Waals surface area contributed by atoms with Crippen molar-refractivity contribution >= 4 is 23.5 Å². The number of carbonyl (C=O) groups is 1. The molecule has 0 fully saturated rings. The molecule has 0 bridgehead atoms. The Morgan fingerprint density at radius 3 is 2.80 bits per heavy atom. The van der Waals surface area contributed by atoms with Crippen LogP contribution in [0.25, 0.3) is 5.69 Å². The number of anilines is 1. The third-order valence-corrected chi connectivity index (χ3v) is 5.23. The van der Waals surface area contributed by atoms with Gasteiger partial charge in [0.15, 0.2) is 5.82 Å². The summed E-state index contributed by atoms with van der Waals surface area (Å²) in [5.41, 5.74) is 2.40. The van der Waals surface area contributed by atoms with Gasteiger partial charge in [0.1, 0.15) is 17.9 Å². The van der Waals surface area contributed by atoms with Gasteiger partial charge in [0.05, 0.1) is 16.7 Å². The number of hydrogen-bond donors (Lipinski definition) is 2. The van der Waals surface area contributed by atoms with Crippen molar-refractivity contribution in [3.05, 3.63) is 71.9 Å². The number of halogens is 1. The van der Waals surface area contributed by atoms with Crippen molar-refractivity contribution < 1.29 is 14.3 Å². The number of hydrogen-bond acceptors (Lipinski definition) is 4. The Hall–Kier alpha value is -2.80. The van der Waals surface area contributed by atoms with Crippen molar-refractivity contribution in [2.45, 2.75) is 5.25 Å². The summed E-state index contributed by atoms with van der Waals surface area (Å²) < 4.78 is 15.1. The molecule has 0 saturated heterocycles. The second-order valence-corrected chi connectivity index (χ2v) is 6.75. The quantitative estimate of drug-likeness (QED) is 0.738. The minimum Gasteiger partial charge on any atom is -0.508 e. The third-order valence-electron chi connectivity index (χ3n) is 3.97. The first kappa shape index (κ1) is 15.7. The van der Waals surface area contributed by atoms with Crippen molar-refractivity contribution in [1.29, 1.82) is 0 Å². The molecule has 2 aromatic carbocycles. The van der Waals surface area contributed by atoms with Crippen LogP contribution in [0.2, 0.25) is 0 Å². The number of phenolic OH excluding ortho intramolecular Hbond substituents is 1. The molecule has 7 heteroatoms. The lowest BCUT2D eigenvalue weighted by Gasteiger charge is -2.18. The van der Waals surface area contributed by atoms with Gasteiger partial charge in [-0.15, -0.1) is 11.8 Å². The first-order chi connectivity index (χ1) is 12.1. The van der Waals surface area contributed by atoms with Crippen molar-refractivity contribution in [3.8, 4) is 11.4 Å². The van der Waals surface area contributed by atoms with Crippen LogP contribution in [0.15, 0.2) is 54.9 Å². The summed E-state index contributed by atoms with van der Waals surface area (Å²) in [5, 5.41) is 12.4. The Morgan fingerprint density at radius 2 is 2.04 bits per heavy atom. The summed E-state index contributed by atoms with van der Waals surface area (Å²) in [7, 11) is 0. The molecule has 1 amide bonds. The third kappa shape index (κ3) is 2.98. The van der Waals surface area contributed by atoms with Crippen LogP contribution in [-0.4, -0.2) is 26.3 Å². The molecular weight excluding hydrogens is 341 g/mol. The van der Waals surface area contributed by atoms with E-state index in [4.69, 9.17) is 0 Å². The first-order valence-corrected chi connectivity index (χ1v) is 8.70. The van der Waals surface area contributed by atoms with E-state index in [1.807, 2.05) is 10.6 Å². The molecule has 0 radical (unpaired) electrons. The summed E-state index contributed by atoms with van der Waals surface area (Å²) in [4.78, 5) is 16.3. The Labute approximate surface area is 147 Å². The zero-order valence-electron chi connectivity index (χ0n) is 13.0. The molecule has 4 rings (SSSR count). The number of nitrogens with zero attached hydrogens (tertiary/aromatic N) is 2. The topological polar surface area (TPSA) is 67.1 Å². The molecule has 1 unspecified atom stereocenters. The number of carbonyl (C=O) groups excluding carboxylic acids is 1. The van der Waals surface area contributed by atoms with Gasteiger partial charge in [-0.05, 0) is 42.0 Å². The van der Waals surface area contributed by atoms with E-state index in [9.17, 15) is 14.3 Å². The van der Waals surface area contributed by atoms with Gasteiger partial charge in [-0.2, -0.15) is 0 Å². The number of aromatic nitrogens is 2. The summed E-state index contributed by atoms with van der Waals surface area (Å²) in [6.45, 7) is 0. The number of amides is 1. The predicted molar refractivity (Wildman–Crippen MR) is 94.6 cm³/mol. The highest BCUT2D eigenvalue weighted by molar-refractivity contribution is 8.00. The lowest BCUT2D eigenvalue weighted by molar-refractivity contribution is -0.113. The summed E-state index contributed by atoms with van der Waals surface area (Å²) in [6, 6.07) is 13.0. The van der Waals surface area contributed by atoms with E-state index in [0.717, 1.165) is 16.9 Å². The minimum atomic E-state index is -0.317. The van der Waals surface area contributed by atoms with E-state index in [-0.39, 0.29) is 28.5 Å². The van der Waals surface area contributed by atoms with Crippen LogP contribution in [0, 0.1) is 5.82 Å². The molecule has 2 heterocycles. The Balaban J connectivity index is 1.88. The molecule has 126 valence electrons. The van der Waals surface area contributed by atoms with Crippen molar-refractivity contribution in [1.82, 2.24) is 9.55 Å². The van der Waals surface area contributed by atoms with Gasteiger partial charge in [0.2, 0.25) is 5.91 Å². The van der Waals surface area contributed by atoms with Crippen molar-refractivity contribution in [2.75, 3.05) is 11.1 Å². The minimum absolute atomic E-state index is 0.127. The molecule has 1 aliphatic heterocycles. The zero-order chi connectivity index (χ0) is 17.4. The van der Waals surface area contributed by atoms with Crippen LogP contribution in [0.5, 0.6) is 5.75 Å². The van der Waals surface area contributed by atoms with Crippen LogP contribution < -0.4 is 5.32 Å². The largest absolute Gasteiger partial charge is 0.508 e. The van der Waals surface area contributed by atoms with E-state index in [0.29, 0.717) is 5.82 Å². The Morgan fingerprint density at radius 1 is 1.24 bits per heavy atom. The average molecular weight is 355 g/mol. The molecule has 2 N–H and O–H groups in total. The molecule has 25 heavy (non-hydrogen) atoms. The number of rotatable bonds is 2. The SMILES string of the molecule is O=C1CSC(c2cccc(O)c2)c2c(ncn2-c2ccc(F)cc2)N1. The van der Waals surface area contributed by atoms with E-state index in [1.165, 1.54) is 23.9 Å². The fourth-order valence-electron chi connectivity index (χ4n) is 2.86. The smallest absolute Gasteiger partial charge is 0.235 e. The monoisotopic (exact) mass is 355 g/mol. The maximum absolute atomic E-state index is 13.3. The zero-order valence-corrected chi connectivity index (χ0v) is 13.8. The molecule has 0 saturated carbocycles. The molecule has 0 aliphatic carbocycles. The van der Waals surface area contributed by atoms with Crippen LogP contribution in [0.4, 0.5) is 10.2 Å². The predicted octanol–water partition coefficient (Wildman–Crippen LogP) is 3.49. The summed E-state index contributed by atoms with van der Waals surface area (Å²) in [6.07, 6.45) is 1.61. The number of phenols is 1. The Kier molecular flexibility index (Phi) is 3.93. The maximum atomic E-state index is 13.3. The van der Waals surface area contributed by atoms with Crippen molar-refractivity contribution in [3.63, 3.8) is 0 Å². The molecular formula is C18H14FN3O2S. The standard InChI is InChI=1S/C18H14FN3O2S/c19-12-4-6-13(7-5-12)22-10-20-18-16(22)17(25-9-15(24)21-18)11-2-1-3-14(23)8-11/h1-8,10,17,23H,9H2,(H,21,24). The van der Waals surface area contributed by atoms with Gasteiger partial charge in [0.25, 0.3) is 0 Å². The molecule has 3 aromatic rings. The van der Waals surface area contributed by atoms with Gasteiger partial charge in [-0.25, -0.2) is 9.37 Å². The van der Waals surface area contributed by atoms with E-state index in [2.05, 4.69) is 10.3 Å². The highest BCUT2D eigenvalue weighted by Gasteiger charge is 2.29.